The van der Waals surface area contributed by atoms with Crippen molar-refractivity contribution in [3.8, 4) is 43.3 Å². The molecule has 8 heteroatoms. The number of thiophene rings is 2. The van der Waals surface area contributed by atoms with Gasteiger partial charge in [-0.25, -0.2) is 0 Å². The Morgan fingerprint density at radius 1 is 0.473 bits per heavy atom. The second kappa shape index (κ2) is 21.1. The van der Waals surface area contributed by atoms with Gasteiger partial charge >= 0.3 is 0 Å². The molecule has 0 bridgehead atoms. The molecule has 374 valence electrons. The van der Waals surface area contributed by atoms with Crippen molar-refractivity contribution in [2.24, 2.45) is 43.7 Å². The summed E-state index contributed by atoms with van der Waals surface area (Å²) >= 11 is 3.68. The quantitative estimate of drug-likeness (QED) is 0.166. The molecular formula is C66H64N2O4S2. The van der Waals surface area contributed by atoms with Gasteiger partial charge in [-0.15, -0.1) is 22.7 Å². The molecule has 6 nitrogen and oxygen atoms in total. The van der Waals surface area contributed by atoms with Crippen molar-refractivity contribution >= 4 is 55.9 Å². The molecule has 4 unspecified atom stereocenters. The third-order valence-corrected chi connectivity index (χ3v) is 17.5. The third-order valence-electron chi connectivity index (χ3n) is 15.2. The summed E-state index contributed by atoms with van der Waals surface area (Å²) in [5.41, 5.74) is 15.9. The molecule has 0 N–H and O–H groups in total. The van der Waals surface area contributed by atoms with Crippen LogP contribution in [-0.2, 0) is 46.2 Å². The molecule has 4 heterocycles. The summed E-state index contributed by atoms with van der Waals surface area (Å²) in [6.07, 6.45) is 10.8. The van der Waals surface area contributed by atoms with Crippen molar-refractivity contribution in [3.05, 3.63) is 201 Å². The van der Waals surface area contributed by atoms with Crippen LogP contribution in [-0.4, -0.2) is 32.3 Å². The maximum Gasteiger partial charge on any atom is 0.166 e. The number of carbonyl (C=O) groups is 4. The number of ketones is 4. The van der Waals surface area contributed by atoms with E-state index in [0.29, 0.717) is 17.5 Å². The molecule has 0 saturated carbocycles. The van der Waals surface area contributed by atoms with E-state index in [0.717, 1.165) is 54.4 Å². The van der Waals surface area contributed by atoms with Crippen LogP contribution in [0.4, 0.5) is 0 Å². The number of fused-ring (bicyclic) bond motifs is 5. The van der Waals surface area contributed by atoms with E-state index in [4.69, 9.17) is 0 Å². The first-order valence-electron chi connectivity index (χ1n) is 26.1. The minimum absolute atomic E-state index is 0.125. The first kappa shape index (κ1) is 50.5. The van der Waals surface area contributed by atoms with E-state index in [1.165, 1.54) is 80.5 Å². The van der Waals surface area contributed by atoms with Crippen LogP contribution >= 0.6 is 22.7 Å². The van der Waals surface area contributed by atoms with Gasteiger partial charge in [0.25, 0.3) is 0 Å². The molecular weight excluding hydrogens is 949 g/mol. The predicted molar refractivity (Wildman–Crippen MR) is 306 cm³/mol. The zero-order chi connectivity index (χ0) is 51.9. The first-order valence-corrected chi connectivity index (χ1v) is 27.7. The van der Waals surface area contributed by atoms with Crippen molar-refractivity contribution in [1.29, 1.82) is 0 Å². The van der Waals surface area contributed by atoms with E-state index in [1.807, 2.05) is 136 Å². The molecule has 4 aliphatic carbocycles. The van der Waals surface area contributed by atoms with E-state index >= 15 is 0 Å². The molecule has 9 aromatic rings. The van der Waals surface area contributed by atoms with Gasteiger partial charge in [-0.3, -0.25) is 19.2 Å². The number of aromatic nitrogens is 2. The zero-order valence-corrected chi connectivity index (χ0v) is 45.3. The number of carbonyl (C=O) groups excluding carboxylic acids is 4. The average Bonchev–Trinajstić information content (AvgIpc) is 4.30. The zero-order valence-electron chi connectivity index (χ0n) is 43.7. The van der Waals surface area contributed by atoms with Crippen molar-refractivity contribution in [2.45, 2.75) is 73.6 Å². The maximum atomic E-state index is 12.2. The maximum absolute atomic E-state index is 12.2. The second-order valence-corrected chi connectivity index (χ2v) is 23.5. The van der Waals surface area contributed by atoms with Crippen molar-refractivity contribution in [2.75, 3.05) is 0 Å². The predicted octanol–water partition coefficient (Wildman–Crippen LogP) is 16.1. The average molecular weight is 1010 g/mol. The van der Waals surface area contributed by atoms with Gasteiger partial charge in [0.1, 0.15) is 0 Å². The van der Waals surface area contributed by atoms with Crippen LogP contribution < -0.4 is 0 Å². The van der Waals surface area contributed by atoms with Gasteiger partial charge in [0.15, 0.2) is 23.1 Å². The summed E-state index contributed by atoms with van der Waals surface area (Å²) in [5.74, 6) is 2.39. The van der Waals surface area contributed by atoms with Gasteiger partial charge in [0, 0.05) is 109 Å². The Balaban J connectivity index is 0.000000113. The smallest absolute Gasteiger partial charge is 0.166 e. The van der Waals surface area contributed by atoms with Crippen molar-refractivity contribution in [1.82, 2.24) is 9.13 Å². The fourth-order valence-corrected chi connectivity index (χ4v) is 13.7. The van der Waals surface area contributed by atoms with Gasteiger partial charge in [0.05, 0.1) is 0 Å². The largest absolute Gasteiger partial charge is 0.357 e. The van der Waals surface area contributed by atoms with Gasteiger partial charge in [0.2, 0.25) is 0 Å². The Kier molecular flexibility index (Phi) is 14.4. The molecule has 0 saturated heterocycles. The van der Waals surface area contributed by atoms with Crippen LogP contribution in [0.2, 0.25) is 0 Å². The summed E-state index contributed by atoms with van der Waals surface area (Å²) < 4.78 is 5.44. The monoisotopic (exact) mass is 1010 g/mol. The van der Waals surface area contributed by atoms with E-state index in [2.05, 4.69) is 103 Å². The third kappa shape index (κ3) is 9.90. The molecule has 4 atom stereocenters. The molecule has 0 fully saturated rings. The Morgan fingerprint density at radius 2 is 0.946 bits per heavy atom. The van der Waals surface area contributed by atoms with E-state index < -0.39 is 0 Å². The number of Topliss-reactive ketones (excluding diaryl/α,β-unsaturated/α-hetero) is 4. The second-order valence-electron chi connectivity index (χ2n) is 21.3. The van der Waals surface area contributed by atoms with E-state index in [1.54, 1.807) is 0 Å². The standard InChI is InChI=1S/C18H14OS.C18H20OS.2C15H15NO/c1-11-9-15-13(6-4-7-14(15)18(11)19)17-10-12-5-2-3-8-16(12)20-17;1-11(2)9-13-7-8-17(20-13)14-5-4-6-15-16(14)10-12(3)18(15)19;1-10-9-13-11(14-7-4-8-16(14)2)5-3-6-12(13)15(10)17;1-10-8-14-12(11-6-7-16(2)9-11)4-3-5-13(14)15(10)17/h2-8,10-11H,9H2,1H3;4-8,11-12H,9-10H2,1-3H3;3-8,10H,9H2,1-2H3;3-7,9-10H,8H2,1-2H3. The Bertz CT molecular complexity index is 3580. The van der Waals surface area contributed by atoms with Crippen LogP contribution in [0.15, 0.2) is 152 Å². The number of rotatable bonds is 6. The molecule has 4 aromatic heterocycles. The first-order chi connectivity index (χ1) is 35.6. The number of hydrogen-bond acceptors (Lipinski definition) is 6. The van der Waals surface area contributed by atoms with E-state index in [-0.39, 0.29) is 35.2 Å². The molecule has 0 spiro atoms. The highest BCUT2D eigenvalue weighted by molar-refractivity contribution is 7.22. The lowest BCUT2D eigenvalue weighted by Gasteiger charge is -2.08. The molecule has 0 amide bonds. The van der Waals surface area contributed by atoms with Crippen molar-refractivity contribution < 1.29 is 19.2 Å². The molecule has 13 rings (SSSR count). The van der Waals surface area contributed by atoms with Gasteiger partial charge < -0.3 is 9.13 Å². The fraction of sp³-hybridized carbons (Fsp3) is 0.273. The topological polar surface area (TPSA) is 78.1 Å². The number of hydrogen-bond donors (Lipinski definition) is 0. The van der Waals surface area contributed by atoms with Gasteiger partial charge in [-0.1, -0.05) is 133 Å². The highest BCUT2D eigenvalue weighted by atomic mass is 32.1. The minimum atomic E-state index is 0.125. The number of nitrogens with zero attached hydrogens (tertiary/aromatic N) is 2. The highest BCUT2D eigenvalue weighted by Gasteiger charge is 2.32. The summed E-state index contributed by atoms with van der Waals surface area (Å²) in [5, 5.41) is 1.28. The van der Waals surface area contributed by atoms with Crippen LogP contribution in [0.3, 0.4) is 0 Å². The number of benzene rings is 5. The SMILES string of the molecule is CC(C)Cc1ccc(-c2cccc3c2CC(C)C3=O)s1.CC1Cc2c(cccc2-c2cc3ccccc3s2)C1=O.CC1Cc2c(cccc2-c2cccn2C)C1=O.CC1Cc2c(cccc2-c2ccn(C)c2)C1=O. The summed E-state index contributed by atoms with van der Waals surface area (Å²) in [7, 11) is 4.05. The lowest BCUT2D eigenvalue weighted by Crippen LogP contribution is -2.02. The normalized spacial score (nSPS) is 18.1. The van der Waals surface area contributed by atoms with Crippen molar-refractivity contribution in [3.63, 3.8) is 0 Å². The Hall–Kier alpha value is -7.00. The lowest BCUT2D eigenvalue weighted by molar-refractivity contribution is 0.0939. The summed E-state index contributed by atoms with van der Waals surface area (Å²) in [6, 6.07) is 45.7. The van der Waals surface area contributed by atoms with Crippen LogP contribution in [0.25, 0.3) is 53.4 Å². The molecule has 4 aliphatic rings. The summed E-state index contributed by atoms with van der Waals surface area (Å²) in [6.45, 7) is 12.6. The van der Waals surface area contributed by atoms with Crippen LogP contribution in [0.1, 0.15) is 110 Å². The number of aryl methyl sites for hydroxylation is 2. The molecule has 74 heavy (non-hydrogen) atoms. The molecule has 5 aromatic carbocycles. The fourth-order valence-electron chi connectivity index (χ4n) is 11.3. The van der Waals surface area contributed by atoms with Crippen LogP contribution in [0, 0.1) is 29.6 Å². The lowest BCUT2D eigenvalue weighted by atomic mass is 9.99. The van der Waals surface area contributed by atoms with E-state index in [9.17, 15) is 19.2 Å². The van der Waals surface area contributed by atoms with Crippen LogP contribution in [0.5, 0.6) is 0 Å². The molecule has 0 aliphatic heterocycles. The van der Waals surface area contributed by atoms with Gasteiger partial charge in [-0.05, 0) is 130 Å². The summed E-state index contributed by atoms with van der Waals surface area (Å²) in [4.78, 5) is 52.3. The Labute approximate surface area is 443 Å². The van der Waals surface area contributed by atoms with Gasteiger partial charge in [-0.2, -0.15) is 0 Å². The Morgan fingerprint density at radius 3 is 1.43 bits per heavy atom. The highest BCUT2D eigenvalue weighted by Crippen LogP contribution is 2.42. The molecule has 0 radical (unpaired) electrons. The minimum Gasteiger partial charge on any atom is -0.357 e.